The van der Waals surface area contributed by atoms with Crippen LogP contribution in [0, 0.1) is 0 Å². The third kappa shape index (κ3) is 2.84. The molecule has 1 heterocycles. The molecule has 1 aromatic heterocycles. The van der Waals surface area contributed by atoms with E-state index in [4.69, 9.17) is 4.74 Å². The van der Waals surface area contributed by atoms with E-state index in [0.717, 1.165) is 12.5 Å². The summed E-state index contributed by atoms with van der Waals surface area (Å²) in [4.78, 5) is 3.37. The van der Waals surface area contributed by atoms with Gasteiger partial charge in [0.25, 0.3) is 0 Å². The molecule has 0 unspecified atom stereocenters. The minimum Gasteiger partial charge on any atom is -0.496 e. The number of pyridine rings is 1. The minimum absolute atomic E-state index is 0.249. The third-order valence-electron chi connectivity index (χ3n) is 1.97. The fraction of sp³-hybridized carbons (Fsp3) is 0.500. The van der Waals surface area contributed by atoms with Crippen LogP contribution in [-0.2, 0) is 12.6 Å². The van der Waals surface area contributed by atoms with Crippen molar-refractivity contribution in [2.24, 2.45) is 0 Å². The summed E-state index contributed by atoms with van der Waals surface area (Å²) in [6, 6.07) is 0.936. The van der Waals surface area contributed by atoms with Crippen molar-refractivity contribution in [2.45, 2.75) is 25.9 Å². The predicted molar refractivity (Wildman–Crippen MR) is 49.8 cm³/mol. The highest BCUT2D eigenvalue weighted by molar-refractivity contribution is 5.34. The van der Waals surface area contributed by atoms with Crippen LogP contribution >= 0.6 is 0 Å². The van der Waals surface area contributed by atoms with Crippen molar-refractivity contribution in [3.63, 3.8) is 0 Å². The van der Waals surface area contributed by atoms with Gasteiger partial charge in [0.2, 0.25) is 0 Å². The molecule has 0 atom stereocenters. The van der Waals surface area contributed by atoms with Gasteiger partial charge < -0.3 is 4.74 Å². The normalized spacial score (nSPS) is 11.5. The molecule has 0 bridgehead atoms. The number of hydrogen-bond donors (Lipinski definition) is 0. The zero-order chi connectivity index (χ0) is 11.5. The van der Waals surface area contributed by atoms with Gasteiger partial charge in [-0.3, -0.25) is 4.98 Å². The fourth-order valence-electron chi connectivity index (χ4n) is 1.27. The molecule has 0 aliphatic rings. The number of rotatable bonds is 3. The van der Waals surface area contributed by atoms with E-state index in [1.54, 1.807) is 0 Å². The van der Waals surface area contributed by atoms with Crippen LogP contribution < -0.4 is 4.74 Å². The Morgan fingerprint density at radius 2 is 2.07 bits per heavy atom. The second-order valence-electron chi connectivity index (χ2n) is 3.13. The lowest BCUT2D eigenvalue weighted by molar-refractivity contribution is -0.141. The average molecular weight is 219 g/mol. The van der Waals surface area contributed by atoms with E-state index >= 15 is 0 Å². The van der Waals surface area contributed by atoms with Crippen LogP contribution in [0.5, 0.6) is 5.75 Å². The number of ether oxygens (including phenoxy) is 1. The van der Waals surface area contributed by atoms with E-state index in [2.05, 4.69) is 4.98 Å². The second kappa shape index (κ2) is 4.51. The summed E-state index contributed by atoms with van der Waals surface area (Å²) < 4.78 is 41.8. The molecule has 0 aliphatic carbocycles. The monoisotopic (exact) mass is 219 g/mol. The summed E-state index contributed by atoms with van der Waals surface area (Å²) in [5.41, 5.74) is -0.216. The number of methoxy groups -OCH3 is 1. The first-order chi connectivity index (χ1) is 6.99. The number of nitrogens with zero attached hydrogens (tertiary/aromatic N) is 1. The van der Waals surface area contributed by atoms with E-state index in [0.29, 0.717) is 12.0 Å². The van der Waals surface area contributed by atoms with Gasteiger partial charge in [-0.15, -0.1) is 0 Å². The minimum atomic E-state index is -4.42. The molecule has 0 spiro atoms. The number of aromatic nitrogens is 1. The van der Waals surface area contributed by atoms with Crippen LogP contribution in [0.15, 0.2) is 12.3 Å². The van der Waals surface area contributed by atoms with Crippen LogP contribution in [-0.4, -0.2) is 12.1 Å². The van der Waals surface area contributed by atoms with Gasteiger partial charge in [-0.05, 0) is 6.42 Å². The van der Waals surface area contributed by atoms with E-state index in [9.17, 15) is 13.2 Å². The Hall–Kier alpha value is -1.26. The van der Waals surface area contributed by atoms with Crippen LogP contribution in [0.4, 0.5) is 13.2 Å². The molecule has 0 fully saturated rings. The van der Waals surface area contributed by atoms with E-state index in [-0.39, 0.29) is 5.75 Å². The summed E-state index contributed by atoms with van der Waals surface area (Å²) >= 11 is 0. The molecule has 0 saturated carbocycles. The maximum absolute atomic E-state index is 12.3. The van der Waals surface area contributed by atoms with Crippen LogP contribution in [0.25, 0.3) is 0 Å². The van der Waals surface area contributed by atoms with Crippen molar-refractivity contribution >= 4 is 0 Å². The number of alkyl halides is 3. The molecule has 1 aromatic rings. The Kier molecular flexibility index (Phi) is 3.55. The van der Waals surface area contributed by atoms with Crippen LogP contribution in [0.1, 0.15) is 24.6 Å². The Bertz CT molecular complexity index is 336. The Labute approximate surface area is 86.1 Å². The first kappa shape index (κ1) is 11.8. The maximum atomic E-state index is 12.3. The van der Waals surface area contributed by atoms with E-state index in [1.807, 2.05) is 6.92 Å². The number of halogens is 3. The van der Waals surface area contributed by atoms with Crippen molar-refractivity contribution in [1.82, 2.24) is 4.98 Å². The molecular formula is C10H12F3NO. The molecule has 0 aliphatic heterocycles. The van der Waals surface area contributed by atoms with Gasteiger partial charge in [0.05, 0.1) is 7.11 Å². The maximum Gasteiger partial charge on any atom is 0.433 e. The van der Waals surface area contributed by atoms with Crippen LogP contribution in [0.3, 0.4) is 0 Å². The highest BCUT2D eigenvalue weighted by Crippen LogP contribution is 2.31. The molecule has 0 radical (unpaired) electrons. The predicted octanol–water partition coefficient (Wildman–Crippen LogP) is 3.06. The Morgan fingerprint density at radius 1 is 1.40 bits per heavy atom. The van der Waals surface area contributed by atoms with Crippen molar-refractivity contribution < 1.29 is 17.9 Å². The van der Waals surface area contributed by atoms with E-state index < -0.39 is 11.9 Å². The highest BCUT2D eigenvalue weighted by atomic mass is 19.4. The average Bonchev–Trinajstić information content (AvgIpc) is 2.17. The molecule has 0 amide bonds. The summed E-state index contributed by atoms with van der Waals surface area (Å²) in [6.45, 7) is 1.94. The lowest BCUT2D eigenvalue weighted by atomic mass is 10.1. The number of hydrogen-bond acceptors (Lipinski definition) is 2. The first-order valence-electron chi connectivity index (χ1n) is 4.59. The quantitative estimate of drug-likeness (QED) is 0.779. The molecular weight excluding hydrogens is 207 g/mol. The SMILES string of the molecule is CCCc1cnc(C(F)(F)F)cc1OC. The zero-order valence-electron chi connectivity index (χ0n) is 8.56. The van der Waals surface area contributed by atoms with E-state index in [1.165, 1.54) is 13.3 Å². The lowest BCUT2D eigenvalue weighted by Crippen LogP contribution is -2.09. The molecule has 0 N–H and O–H groups in total. The Balaban J connectivity index is 3.08. The van der Waals surface area contributed by atoms with Crippen molar-refractivity contribution in [1.29, 1.82) is 0 Å². The van der Waals surface area contributed by atoms with Gasteiger partial charge in [0.15, 0.2) is 0 Å². The standard InChI is InChI=1S/C10H12F3NO/c1-3-4-7-6-14-9(10(11,12)13)5-8(7)15-2/h5-6H,3-4H2,1-2H3. The molecule has 15 heavy (non-hydrogen) atoms. The summed E-state index contributed by atoms with van der Waals surface area (Å²) in [5, 5.41) is 0. The second-order valence-corrected chi connectivity index (χ2v) is 3.13. The molecule has 84 valence electrons. The zero-order valence-corrected chi connectivity index (χ0v) is 8.56. The largest absolute Gasteiger partial charge is 0.496 e. The van der Waals surface area contributed by atoms with Gasteiger partial charge in [-0.1, -0.05) is 13.3 Å². The van der Waals surface area contributed by atoms with Crippen molar-refractivity contribution in [2.75, 3.05) is 7.11 Å². The molecule has 1 rings (SSSR count). The fourth-order valence-corrected chi connectivity index (χ4v) is 1.27. The van der Waals surface area contributed by atoms with Gasteiger partial charge in [0.1, 0.15) is 11.4 Å². The van der Waals surface area contributed by atoms with Gasteiger partial charge in [-0.2, -0.15) is 13.2 Å². The smallest absolute Gasteiger partial charge is 0.433 e. The third-order valence-corrected chi connectivity index (χ3v) is 1.97. The first-order valence-corrected chi connectivity index (χ1v) is 4.59. The Morgan fingerprint density at radius 3 is 2.53 bits per heavy atom. The molecule has 5 heteroatoms. The van der Waals surface area contributed by atoms with Gasteiger partial charge in [-0.25, -0.2) is 0 Å². The summed E-state index contributed by atoms with van der Waals surface area (Å²) in [5.74, 6) is 0.249. The lowest BCUT2D eigenvalue weighted by Gasteiger charge is -2.10. The molecule has 2 nitrogen and oxygen atoms in total. The topological polar surface area (TPSA) is 22.1 Å². The highest BCUT2D eigenvalue weighted by Gasteiger charge is 2.33. The van der Waals surface area contributed by atoms with Gasteiger partial charge >= 0.3 is 6.18 Å². The van der Waals surface area contributed by atoms with Crippen molar-refractivity contribution in [3.8, 4) is 5.75 Å². The van der Waals surface area contributed by atoms with Crippen molar-refractivity contribution in [3.05, 3.63) is 23.5 Å². The summed E-state index contributed by atoms with van der Waals surface area (Å²) in [6.07, 6.45) is -1.69. The number of aryl methyl sites for hydroxylation is 1. The van der Waals surface area contributed by atoms with Gasteiger partial charge in [0, 0.05) is 17.8 Å². The molecule has 0 aromatic carbocycles. The van der Waals surface area contributed by atoms with Crippen LogP contribution in [0.2, 0.25) is 0 Å². The molecule has 0 saturated heterocycles. The summed E-state index contributed by atoms with van der Waals surface area (Å²) in [7, 11) is 1.36.